The van der Waals surface area contributed by atoms with Gasteiger partial charge in [0.05, 0.1) is 12.3 Å². The van der Waals surface area contributed by atoms with Gasteiger partial charge in [-0.15, -0.1) is 0 Å². The van der Waals surface area contributed by atoms with Crippen LogP contribution in [0, 0.1) is 0 Å². The number of rotatable bonds is 11. The second-order valence-corrected chi connectivity index (χ2v) is 5.52. The number of hydrogen-bond donors (Lipinski definition) is 5. The maximum atomic E-state index is 9.97. The Kier molecular flexibility index (Phi) is 8.40. The summed E-state index contributed by atoms with van der Waals surface area (Å²) >= 11 is 0. The van der Waals surface area contributed by atoms with Crippen LogP contribution in [0.4, 0.5) is 11.4 Å². The molecule has 1 aromatic carbocycles. The maximum absolute atomic E-state index is 9.97. The van der Waals surface area contributed by atoms with Crippen LogP contribution in [0.15, 0.2) is 30.5 Å². The van der Waals surface area contributed by atoms with Gasteiger partial charge in [-0.1, -0.05) is 19.9 Å². The Morgan fingerprint density at radius 3 is 2.64 bits per heavy atom. The predicted octanol–water partition coefficient (Wildman–Crippen LogP) is 2.89. The van der Waals surface area contributed by atoms with E-state index in [-0.39, 0.29) is 12.4 Å². The summed E-state index contributed by atoms with van der Waals surface area (Å²) in [5.41, 5.74) is 2.34. The zero-order chi connectivity index (χ0) is 16.4. The maximum Gasteiger partial charge on any atom is 0.141 e. The van der Waals surface area contributed by atoms with Crippen LogP contribution in [0.2, 0.25) is 0 Å². The van der Waals surface area contributed by atoms with Crippen LogP contribution >= 0.6 is 0 Å². The molecule has 5 heteroatoms. The third kappa shape index (κ3) is 6.83. The molecule has 0 amide bonds. The molecule has 124 valence electrons. The van der Waals surface area contributed by atoms with Gasteiger partial charge >= 0.3 is 0 Å². The Morgan fingerprint density at radius 2 is 2.05 bits per heavy atom. The lowest BCUT2D eigenvalue weighted by Gasteiger charge is -2.18. The summed E-state index contributed by atoms with van der Waals surface area (Å²) in [6, 6.07) is 5.88. The van der Waals surface area contributed by atoms with Gasteiger partial charge in [0, 0.05) is 36.6 Å². The number of benzene rings is 1. The normalized spacial score (nSPS) is 12.0. The molecule has 0 aliphatic heterocycles. The first-order valence-electron chi connectivity index (χ1n) is 7.90. The Bertz CT molecular complexity index is 463. The molecule has 5 N–H and O–H groups in total. The highest BCUT2D eigenvalue weighted by Gasteiger charge is 2.07. The van der Waals surface area contributed by atoms with E-state index in [0.29, 0.717) is 18.3 Å². The fourth-order valence-electron chi connectivity index (χ4n) is 2.33. The molecular weight excluding hydrogens is 278 g/mol. The van der Waals surface area contributed by atoms with Gasteiger partial charge in [-0.05, 0) is 31.9 Å². The molecule has 1 unspecified atom stereocenters. The van der Waals surface area contributed by atoms with Gasteiger partial charge in [0.25, 0.3) is 0 Å². The van der Waals surface area contributed by atoms with Crippen molar-refractivity contribution in [2.24, 2.45) is 0 Å². The first kappa shape index (κ1) is 18.3. The number of nitrogens with one attached hydrogen (secondary N) is 3. The summed E-state index contributed by atoms with van der Waals surface area (Å²) in [5.74, 6) is 0.205. The molecule has 1 aromatic rings. The molecule has 0 bridgehead atoms. The molecule has 0 saturated carbocycles. The summed E-state index contributed by atoms with van der Waals surface area (Å²) in [4.78, 5) is 0. The Labute approximate surface area is 133 Å². The van der Waals surface area contributed by atoms with E-state index in [0.717, 1.165) is 37.2 Å². The summed E-state index contributed by atoms with van der Waals surface area (Å²) in [6.45, 7) is 9.38. The highest BCUT2D eigenvalue weighted by molar-refractivity contribution is 5.64. The van der Waals surface area contributed by atoms with Crippen molar-refractivity contribution in [3.8, 4) is 5.75 Å². The number of anilines is 2. The first-order valence-corrected chi connectivity index (χ1v) is 7.90. The third-order valence-corrected chi connectivity index (χ3v) is 3.35. The fourth-order valence-corrected chi connectivity index (χ4v) is 2.33. The molecule has 0 radical (unpaired) electrons. The average Bonchev–Trinajstić information content (AvgIpc) is 2.47. The number of allylic oxidation sites excluding steroid dienone is 1. The number of aliphatic hydroxyl groups is 1. The van der Waals surface area contributed by atoms with Crippen molar-refractivity contribution in [1.82, 2.24) is 5.32 Å². The minimum atomic E-state index is 0.165. The summed E-state index contributed by atoms with van der Waals surface area (Å²) in [5, 5.41) is 28.5. The van der Waals surface area contributed by atoms with E-state index >= 15 is 0 Å². The van der Waals surface area contributed by atoms with Crippen molar-refractivity contribution < 1.29 is 10.2 Å². The van der Waals surface area contributed by atoms with Gasteiger partial charge in [-0.2, -0.15) is 0 Å². The van der Waals surface area contributed by atoms with Crippen molar-refractivity contribution in [2.45, 2.75) is 39.2 Å². The Hall–Kier alpha value is -1.72. The molecule has 0 saturated heterocycles. The van der Waals surface area contributed by atoms with Crippen LogP contribution in [-0.4, -0.2) is 36.0 Å². The van der Waals surface area contributed by atoms with Gasteiger partial charge < -0.3 is 26.2 Å². The van der Waals surface area contributed by atoms with E-state index in [2.05, 4.69) is 29.5 Å². The molecule has 0 heterocycles. The monoisotopic (exact) mass is 307 g/mol. The molecular formula is C17H29N3O2. The fraction of sp³-hybridized carbons (Fsp3) is 0.529. The number of phenols is 1. The highest BCUT2D eigenvalue weighted by Crippen LogP contribution is 2.27. The second kappa shape index (κ2) is 10.1. The van der Waals surface area contributed by atoms with Gasteiger partial charge in [0.1, 0.15) is 5.75 Å². The number of hydrogen-bond acceptors (Lipinski definition) is 5. The average molecular weight is 307 g/mol. The molecule has 0 aromatic heterocycles. The number of aromatic hydroxyl groups is 1. The molecule has 0 aliphatic carbocycles. The van der Waals surface area contributed by atoms with E-state index in [9.17, 15) is 5.11 Å². The van der Waals surface area contributed by atoms with Crippen molar-refractivity contribution in [1.29, 1.82) is 0 Å². The molecule has 0 fully saturated rings. The minimum absolute atomic E-state index is 0.165. The van der Waals surface area contributed by atoms with Crippen molar-refractivity contribution in [2.75, 3.05) is 30.3 Å². The Morgan fingerprint density at radius 1 is 1.27 bits per heavy atom. The van der Waals surface area contributed by atoms with E-state index in [1.54, 1.807) is 6.07 Å². The van der Waals surface area contributed by atoms with Gasteiger partial charge in [-0.25, -0.2) is 0 Å². The van der Waals surface area contributed by atoms with Crippen molar-refractivity contribution in [3.63, 3.8) is 0 Å². The first-order chi connectivity index (χ1) is 10.6. The standard InChI is InChI=1S/C17H29N3O2/c1-4-5-14(19-10-11-21)8-9-18-15-6-7-16(17(22)12-15)20-13(2)3/h6-7,12,14,18-22H,2,4-5,8-11H2,1,3H3. The zero-order valence-corrected chi connectivity index (χ0v) is 13.7. The summed E-state index contributed by atoms with van der Waals surface area (Å²) < 4.78 is 0. The van der Waals surface area contributed by atoms with Gasteiger partial charge in [0.15, 0.2) is 0 Å². The molecule has 1 rings (SSSR count). The number of phenolic OH excluding ortho intramolecular Hbond substituents is 1. The molecule has 0 spiro atoms. The quantitative estimate of drug-likeness (QED) is 0.406. The SMILES string of the molecule is C=C(C)Nc1ccc(NCCC(CCC)NCCO)cc1O. The van der Waals surface area contributed by atoms with Crippen LogP contribution in [0.25, 0.3) is 0 Å². The Balaban J connectivity index is 2.46. The van der Waals surface area contributed by atoms with Crippen molar-refractivity contribution in [3.05, 3.63) is 30.5 Å². The van der Waals surface area contributed by atoms with Gasteiger partial charge in [-0.3, -0.25) is 0 Å². The smallest absolute Gasteiger partial charge is 0.141 e. The van der Waals surface area contributed by atoms with Crippen LogP contribution in [0.5, 0.6) is 5.75 Å². The van der Waals surface area contributed by atoms with Crippen LogP contribution in [0.3, 0.4) is 0 Å². The lowest BCUT2D eigenvalue weighted by Crippen LogP contribution is -2.33. The van der Waals surface area contributed by atoms with Crippen LogP contribution in [-0.2, 0) is 0 Å². The predicted molar refractivity (Wildman–Crippen MR) is 93.4 cm³/mol. The molecule has 1 atom stereocenters. The largest absolute Gasteiger partial charge is 0.506 e. The highest BCUT2D eigenvalue weighted by atomic mass is 16.3. The lowest BCUT2D eigenvalue weighted by molar-refractivity contribution is 0.280. The summed E-state index contributed by atoms with van der Waals surface area (Å²) in [7, 11) is 0. The van der Waals surface area contributed by atoms with E-state index < -0.39 is 0 Å². The molecule has 5 nitrogen and oxygen atoms in total. The van der Waals surface area contributed by atoms with Crippen LogP contribution in [0.1, 0.15) is 33.1 Å². The van der Waals surface area contributed by atoms with Crippen molar-refractivity contribution >= 4 is 11.4 Å². The van der Waals surface area contributed by atoms with E-state index in [1.165, 1.54) is 0 Å². The lowest BCUT2D eigenvalue weighted by atomic mass is 10.1. The van der Waals surface area contributed by atoms with Crippen LogP contribution < -0.4 is 16.0 Å². The minimum Gasteiger partial charge on any atom is -0.506 e. The summed E-state index contributed by atoms with van der Waals surface area (Å²) in [6.07, 6.45) is 3.18. The van der Waals surface area contributed by atoms with E-state index in [1.807, 2.05) is 19.1 Å². The molecule has 22 heavy (non-hydrogen) atoms. The zero-order valence-electron chi connectivity index (χ0n) is 13.7. The van der Waals surface area contributed by atoms with E-state index in [4.69, 9.17) is 5.11 Å². The topological polar surface area (TPSA) is 76.5 Å². The van der Waals surface area contributed by atoms with Gasteiger partial charge in [0.2, 0.25) is 0 Å². The second-order valence-electron chi connectivity index (χ2n) is 5.52. The number of aliphatic hydroxyl groups excluding tert-OH is 1. The third-order valence-electron chi connectivity index (χ3n) is 3.35. The molecule has 0 aliphatic rings.